The number of rotatable bonds is 1. The van der Waals surface area contributed by atoms with Crippen LogP contribution in [0.5, 0.6) is 0 Å². The van der Waals surface area contributed by atoms with E-state index in [0.29, 0.717) is 10.8 Å². The maximum atomic E-state index is 5.94. The Morgan fingerprint density at radius 3 is 2.42 bits per heavy atom. The Hall–Kier alpha value is -0.0400. The molecule has 0 aromatic rings. The first-order valence-corrected chi connectivity index (χ1v) is 5.23. The van der Waals surface area contributed by atoms with Crippen molar-refractivity contribution in [3.63, 3.8) is 0 Å². The highest BCUT2D eigenvalue weighted by atomic mass is 14.7. The third-order valence-corrected chi connectivity index (χ3v) is 5.25. The van der Waals surface area contributed by atoms with Gasteiger partial charge in [0.15, 0.2) is 0 Å². The third-order valence-electron chi connectivity index (χ3n) is 5.25. The summed E-state index contributed by atoms with van der Waals surface area (Å²) in [7, 11) is 0. The lowest BCUT2D eigenvalue weighted by atomic mass is 9.61. The minimum atomic E-state index is 0.491. The fourth-order valence-electron chi connectivity index (χ4n) is 3.70. The van der Waals surface area contributed by atoms with Crippen molar-refractivity contribution in [2.75, 3.05) is 6.54 Å². The van der Waals surface area contributed by atoms with Crippen LogP contribution in [0.15, 0.2) is 0 Å². The number of hydrogen-bond acceptors (Lipinski definition) is 1. The van der Waals surface area contributed by atoms with Gasteiger partial charge in [0.25, 0.3) is 0 Å². The largest absolute Gasteiger partial charge is 0.330 e. The highest BCUT2D eigenvalue weighted by Crippen LogP contribution is 2.66. The monoisotopic (exact) mass is 167 g/mol. The molecule has 1 heteroatoms. The summed E-state index contributed by atoms with van der Waals surface area (Å²) in [4.78, 5) is 0. The molecule has 0 aliphatic heterocycles. The molecular formula is C11H21N. The second-order valence-electron chi connectivity index (χ2n) is 5.50. The van der Waals surface area contributed by atoms with Crippen molar-refractivity contribution in [2.45, 2.75) is 40.0 Å². The zero-order valence-corrected chi connectivity index (χ0v) is 8.56. The zero-order valence-electron chi connectivity index (χ0n) is 8.56. The van der Waals surface area contributed by atoms with E-state index in [4.69, 9.17) is 5.73 Å². The first kappa shape index (κ1) is 8.55. The highest BCUT2D eigenvalue weighted by molar-refractivity contribution is 5.09. The van der Waals surface area contributed by atoms with Gasteiger partial charge >= 0.3 is 0 Å². The fourth-order valence-corrected chi connectivity index (χ4v) is 3.70. The zero-order chi connectivity index (χ0) is 8.98. The molecule has 0 saturated heterocycles. The van der Waals surface area contributed by atoms with Crippen LogP contribution in [-0.2, 0) is 0 Å². The SMILES string of the molecule is CC1C2CCC(CN)(C2)C1(C)C. The van der Waals surface area contributed by atoms with E-state index in [1.807, 2.05) is 0 Å². The summed E-state index contributed by atoms with van der Waals surface area (Å²) >= 11 is 0. The summed E-state index contributed by atoms with van der Waals surface area (Å²) in [5.74, 6) is 1.86. The predicted octanol–water partition coefficient (Wildman–Crippen LogP) is 2.41. The topological polar surface area (TPSA) is 26.0 Å². The lowest BCUT2D eigenvalue weighted by Gasteiger charge is -2.45. The van der Waals surface area contributed by atoms with E-state index in [2.05, 4.69) is 20.8 Å². The first-order chi connectivity index (χ1) is 5.53. The van der Waals surface area contributed by atoms with E-state index >= 15 is 0 Å². The maximum absolute atomic E-state index is 5.94. The van der Waals surface area contributed by atoms with Gasteiger partial charge in [-0.3, -0.25) is 0 Å². The molecule has 3 atom stereocenters. The van der Waals surface area contributed by atoms with E-state index in [-0.39, 0.29) is 0 Å². The van der Waals surface area contributed by atoms with Crippen LogP contribution in [0.2, 0.25) is 0 Å². The lowest BCUT2D eigenvalue weighted by Crippen LogP contribution is -2.42. The van der Waals surface area contributed by atoms with Crippen molar-refractivity contribution < 1.29 is 0 Å². The van der Waals surface area contributed by atoms with Crippen LogP contribution in [0, 0.1) is 22.7 Å². The molecule has 2 saturated carbocycles. The van der Waals surface area contributed by atoms with Crippen molar-refractivity contribution in [3.8, 4) is 0 Å². The molecule has 0 heterocycles. The number of fused-ring (bicyclic) bond motifs is 2. The average molecular weight is 167 g/mol. The Morgan fingerprint density at radius 1 is 1.42 bits per heavy atom. The molecule has 0 spiro atoms. The summed E-state index contributed by atoms with van der Waals surface area (Å²) in [6.07, 6.45) is 4.21. The molecule has 1 nitrogen and oxygen atoms in total. The summed E-state index contributed by atoms with van der Waals surface area (Å²) in [5, 5.41) is 0. The van der Waals surface area contributed by atoms with Gasteiger partial charge < -0.3 is 5.73 Å². The molecule has 0 amide bonds. The second-order valence-corrected chi connectivity index (χ2v) is 5.50. The molecule has 0 aromatic carbocycles. The molecule has 2 rings (SSSR count). The molecule has 70 valence electrons. The Bertz CT molecular complexity index is 197. The van der Waals surface area contributed by atoms with E-state index < -0.39 is 0 Å². The maximum Gasteiger partial charge on any atom is -0.00152 e. The quantitative estimate of drug-likeness (QED) is 0.637. The van der Waals surface area contributed by atoms with Gasteiger partial charge in [-0.1, -0.05) is 20.8 Å². The minimum Gasteiger partial charge on any atom is -0.330 e. The Morgan fingerprint density at radius 2 is 2.08 bits per heavy atom. The van der Waals surface area contributed by atoms with Crippen LogP contribution in [0.25, 0.3) is 0 Å². The van der Waals surface area contributed by atoms with Crippen LogP contribution >= 0.6 is 0 Å². The first-order valence-electron chi connectivity index (χ1n) is 5.23. The van der Waals surface area contributed by atoms with Crippen molar-refractivity contribution in [1.82, 2.24) is 0 Å². The van der Waals surface area contributed by atoms with E-state index in [9.17, 15) is 0 Å². The minimum absolute atomic E-state index is 0.491. The van der Waals surface area contributed by atoms with Gasteiger partial charge in [0.2, 0.25) is 0 Å². The molecule has 2 aliphatic carbocycles. The molecule has 2 fully saturated rings. The molecule has 0 radical (unpaired) electrons. The van der Waals surface area contributed by atoms with E-state index in [1.165, 1.54) is 19.3 Å². The molecular weight excluding hydrogens is 146 g/mol. The van der Waals surface area contributed by atoms with Crippen LogP contribution in [0.1, 0.15) is 40.0 Å². The summed E-state index contributed by atoms with van der Waals surface area (Å²) in [5.41, 5.74) is 6.93. The molecule has 12 heavy (non-hydrogen) atoms. The summed E-state index contributed by atoms with van der Waals surface area (Å²) in [6.45, 7) is 8.16. The summed E-state index contributed by atoms with van der Waals surface area (Å²) < 4.78 is 0. The average Bonchev–Trinajstić information content (AvgIpc) is 2.53. The Balaban J connectivity index is 2.35. The molecule has 2 aliphatic rings. The Kier molecular flexibility index (Phi) is 1.61. The predicted molar refractivity (Wildman–Crippen MR) is 51.8 cm³/mol. The fraction of sp³-hybridized carbons (Fsp3) is 1.00. The van der Waals surface area contributed by atoms with Crippen molar-refractivity contribution in [1.29, 1.82) is 0 Å². The van der Waals surface area contributed by atoms with Crippen molar-refractivity contribution >= 4 is 0 Å². The molecule has 3 unspecified atom stereocenters. The molecule has 2 N–H and O–H groups in total. The number of hydrogen-bond donors (Lipinski definition) is 1. The van der Waals surface area contributed by atoms with Crippen LogP contribution in [0.4, 0.5) is 0 Å². The van der Waals surface area contributed by atoms with Gasteiger partial charge in [-0.25, -0.2) is 0 Å². The van der Waals surface area contributed by atoms with E-state index in [1.54, 1.807) is 0 Å². The van der Waals surface area contributed by atoms with Crippen LogP contribution in [-0.4, -0.2) is 6.54 Å². The van der Waals surface area contributed by atoms with E-state index in [0.717, 1.165) is 18.4 Å². The highest BCUT2D eigenvalue weighted by Gasteiger charge is 2.59. The second kappa shape index (κ2) is 2.25. The van der Waals surface area contributed by atoms with Crippen molar-refractivity contribution in [3.05, 3.63) is 0 Å². The van der Waals surface area contributed by atoms with Gasteiger partial charge in [0.05, 0.1) is 0 Å². The van der Waals surface area contributed by atoms with Crippen LogP contribution < -0.4 is 5.73 Å². The molecule has 2 bridgehead atoms. The lowest BCUT2D eigenvalue weighted by molar-refractivity contribution is 0.0520. The van der Waals surface area contributed by atoms with Gasteiger partial charge in [0, 0.05) is 0 Å². The van der Waals surface area contributed by atoms with Crippen molar-refractivity contribution in [2.24, 2.45) is 28.4 Å². The van der Waals surface area contributed by atoms with Gasteiger partial charge in [0.1, 0.15) is 0 Å². The van der Waals surface area contributed by atoms with Crippen LogP contribution in [0.3, 0.4) is 0 Å². The van der Waals surface area contributed by atoms with Gasteiger partial charge in [-0.15, -0.1) is 0 Å². The van der Waals surface area contributed by atoms with Gasteiger partial charge in [-0.2, -0.15) is 0 Å². The normalized spacial score (nSPS) is 50.0. The third kappa shape index (κ3) is 0.736. The summed E-state index contributed by atoms with van der Waals surface area (Å²) in [6, 6.07) is 0. The standard InChI is InChI=1S/C11H21N/c1-8-9-4-5-11(6-9,7-12)10(8,2)3/h8-9H,4-7,12H2,1-3H3. The van der Waals surface area contributed by atoms with Gasteiger partial charge in [-0.05, 0) is 48.5 Å². The Labute approximate surface area is 75.7 Å². The number of nitrogens with two attached hydrogens (primary N) is 1. The smallest absolute Gasteiger partial charge is 0.00152 e. The molecule has 0 aromatic heterocycles.